The van der Waals surface area contributed by atoms with Crippen LogP contribution in [0.25, 0.3) is 10.9 Å². The van der Waals surface area contributed by atoms with Crippen molar-refractivity contribution in [3.05, 3.63) is 35.0 Å². The molecule has 0 unspecified atom stereocenters. The monoisotopic (exact) mass is 226 g/mol. The predicted molar refractivity (Wildman–Crippen MR) is 70.3 cm³/mol. The molecular formula is C15H18N2. The van der Waals surface area contributed by atoms with Crippen LogP contribution in [0, 0.1) is 6.92 Å². The van der Waals surface area contributed by atoms with Crippen LogP contribution in [0.2, 0.25) is 0 Å². The van der Waals surface area contributed by atoms with Crippen LogP contribution in [0.5, 0.6) is 0 Å². The van der Waals surface area contributed by atoms with Crippen molar-refractivity contribution in [2.24, 2.45) is 0 Å². The second-order valence-electron chi connectivity index (χ2n) is 5.51. The molecule has 1 aromatic carbocycles. The summed E-state index contributed by atoms with van der Waals surface area (Å²) in [7, 11) is 0. The molecule has 1 atom stereocenters. The summed E-state index contributed by atoms with van der Waals surface area (Å²) in [5.74, 6) is 0. The molecule has 0 aliphatic carbocycles. The summed E-state index contributed by atoms with van der Waals surface area (Å²) in [4.78, 5) is 6.32. The smallest absolute Gasteiger partial charge is 0.0502 e. The normalized spacial score (nSPS) is 23.9. The summed E-state index contributed by atoms with van der Waals surface area (Å²) < 4.78 is 0. The number of hydrogen-bond donors (Lipinski definition) is 1. The summed E-state index contributed by atoms with van der Waals surface area (Å²) >= 11 is 0. The molecule has 2 nitrogen and oxygen atoms in total. The molecule has 0 radical (unpaired) electrons. The molecule has 2 aromatic rings. The Bertz CT molecular complexity index is 582. The van der Waals surface area contributed by atoms with E-state index in [9.17, 15) is 0 Å². The Labute approximate surface area is 102 Å². The maximum atomic E-state index is 3.67. The van der Waals surface area contributed by atoms with Gasteiger partial charge in [-0.2, -0.15) is 0 Å². The number of aromatic amines is 1. The van der Waals surface area contributed by atoms with Crippen LogP contribution in [0.3, 0.4) is 0 Å². The van der Waals surface area contributed by atoms with Gasteiger partial charge < -0.3 is 4.98 Å². The van der Waals surface area contributed by atoms with Gasteiger partial charge in [0.25, 0.3) is 0 Å². The number of H-pyrrole nitrogens is 1. The van der Waals surface area contributed by atoms with Crippen LogP contribution in [0.15, 0.2) is 18.2 Å². The Morgan fingerprint density at radius 2 is 2.24 bits per heavy atom. The lowest BCUT2D eigenvalue weighted by molar-refractivity contribution is 0.241. The van der Waals surface area contributed by atoms with E-state index in [2.05, 4.69) is 35.0 Å². The molecule has 1 saturated heterocycles. The molecule has 1 fully saturated rings. The van der Waals surface area contributed by atoms with Crippen LogP contribution in [0.4, 0.5) is 0 Å². The molecule has 88 valence electrons. The first-order valence-corrected chi connectivity index (χ1v) is 6.68. The molecule has 2 heteroatoms. The topological polar surface area (TPSA) is 19.0 Å². The number of rotatable bonds is 0. The summed E-state index contributed by atoms with van der Waals surface area (Å²) in [6.07, 6.45) is 3.91. The van der Waals surface area contributed by atoms with Gasteiger partial charge in [0, 0.05) is 23.1 Å². The molecule has 1 N–H and O–H groups in total. The third-order valence-corrected chi connectivity index (χ3v) is 4.44. The van der Waals surface area contributed by atoms with E-state index in [-0.39, 0.29) is 0 Å². The van der Waals surface area contributed by atoms with E-state index in [1.807, 2.05) is 0 Å². The quantitative estimate of drug-likeness (QED) is 0.731. The van der Waals surface area contributed by atoms with Crippen molar-refractivity contribution < 1.29 is 0 Å². The molecule has 3 heterocycles. The molecule has 0 saturated carbocycles. The first-order valence-electron chi connectivity index (χ1n) is 6.68. The molecule has 2 aliphatic rings. The van der Waals surface area contributed by atoms with E-state index in [0.29, 0.717) is 6.04 Å². The average molecular weight is 226 g/mol. The molecule has 2 aliphatic heterocycles. The lowest BCUT2D eigenvalue weighted by atomic mass is 9.97. The number of nitrogens with one attached hydrogen (secondary N) is 1. The van der Waals surface area contributed by atoms with Crippen LogP contribution in [0.1, 0.15) is 35.7 Å². The van der Waals surface area contributed by atoms with E-state index in [1.54, 1.807) is 5.56 Å². The first kappa shape index (κ1) is 9.72. The largest absolute Gasteiger partial charge is 0.357 e. The van der Waals surface area contributed by atoms with E-state index < -0.39 is 0 Å². The van der Waals surface area contributed by atoms with Crippen molar-refractivity contribution in [3.63, 3.8) is 0 Å². The lowest BCUT2D eigenvalue weighted by Crippen LogP contribution is -2.30. The van der Waals surface area contributed by atoms with E-state index >= 15 is 0 Å². The lowest BCUT2D eigenvalue weighted by Gasteiger charge is -2.29. The first-order chi connectivity index (χ1) is 8.33. The van der Waals surface area contributed by atoms with Crippen molar-refractivity contribution >= 4 is 10.9 Å². The minimum atomic E-state index is 0.673. The van der Waals surface area contributed by atoms with Crippen molar-refractivity contribution in [2.75, 3.05) is 13.1 Å². The van der Waals surface area contributed by atoms with Crippen molar-refractivity contribution in [1.82, 2.24) is 9.88 Å². The highest BCUT2D eigenvalue weighted by Gasteiger charge is 2.33. The maximum absolute atomic E-state index is 3.67. The number of aryl methyl sites for hydroxylation is 1. The minimum absolute atomic E-state index is 0.673. The van der Waals surface area contributed by atoms with Gasteiger partial charge in [-0.1, -0.05) is 11.6 Å². The highest BCUT2D eigenvalue weighted by Crippen LogP contribution is 2.40. The van der Waals surface area contributed by atoms with Crippen LogP contribution in [-0.2, 0) is 6.42 Å². The Kier molecular flexibility index (Phi) is 1.92. The number of nitrogens with zero attached hydrogens (tertiary/aromatic N) is 1. The van der Waals surface area contributed by atoms with Crippen molar-refractivity contribution in [1.29, 1.82) is 0 Å². The average Bonchev–Trinajstić information content (AvgIpc) is 2.91. The standard InChI is InChI=1S/C15H18N2/c1-10-4-5-13-12(9-10)11-6-8-17-7-2-3-14(17)15(11)16-13/h4-5,9,14,16H,2-3,6-8H2,1H3/t14-/m1/s1. The number of benzene rings is 1. The molecule has 0 amide bonds. The van der Waals surface area contributed by atoms with Gasteiger partial charge in [-0.25, -0.2) is 0 Å². The fourth-order valence-corrected chi connectivity index (χ4v) is 3.61. The van der Waals surface area contributed by atoms with E-state index in [0.717, 1.165) is 0 Å². The third-order valence-electron chi connectivity index (χ3n) is 4.44. The molecule has 0 bridgehead atoms. The maximum Gasteiger partial charge on any atom is 0.0502 e. The van der Waals surface area contributed by atoms with E-state index in [1.165, 1.54) is 54.5 Å². The van der Waals surface area contributed by atoms with Crippen LogP contribution >= 0.6 is 0 Å². The molecular weight excluding hydrogens is 208 g/mol. The highest BCUT2D eigenvalue weighted by molar-refractivity contribution is 5.85. The summed E-state index contributed by atoms with van der Waals surface area (Å²) in [5, 5.41) is 1.46. The van der Waals surface area contributed by atoms with E-state index in [4.69, 9.17) is 0 Å². The zero-order valence-corrected chi connectivity index (χ0v) is 10.3. The molecule has 0 spiro atoms. The van der Waals surface area contributed by atoms with Gasteiger partial charge in [0.15, 0.2) is 0 Å². The summed E-state index contributed by atoms with van der Waals surface area (Å²) in [6.45, 7) is 4.72. The van der Waals surface area contributed by atoms with Crippen molar-refractivity contribution in [2.45, 2.75) is 32.2 Å². The zero-order valence-electron chi connectivity index (χ0n) is 10.3. The van der Waals surface area contributed by atoms with Gasteiger partial charge in [-0.3, -0.25) is 4.90 Å². The van der Waals surface area contributed by atoms with Gasteiger partial charge in [0.05, 0.1) is 6.04 Å². The van der Waals surface area contributed by atoms with Gasteiger partial charge in [0.1, 0.15) is 0 Å². The fraction of sp³-hybridized carbons (Fsp3) is 0.467. The summed E-state index contributed by atoms with van der Waals surface area (Å²) in [5.41, 5.74) is 5.80. The fourth-order valence-electron chi connectivity index (χ4n) is 3.61. The highest BCUT2D eigenvalue weighted by atomic mass is 15.2. The van der Waals surface area contributed by atoms with Gasteiger partial charge in [-0.05, 0) is 50.4 Å². The summed E-state index contributed by atoms with van der Waals surface area (Å²) in [6, 6.07) is 7.46. The Morgan fingerprint density at radius 1 is 1.29 bits per heavy atom. The molecule has 4 rings (SSSR count). The number of hydrogen-bond acceptors (Lipinski definition) is 1. The Balaban J connectivity index is 1.96. The second kappa shape index (κ2) is 3.36. The third kappa shape index (κ3) is 1.31. The van der Waals surface area contributed by atoms with Gasteiger partial charge in [0.2, 0.25) is 0 Å². The SMILES string of the molecule is Cc1ccc2[nH]c3c(c2c1)CCN1CCC[C@H]31. The van der Waals surface area contributed by atoms with Gasteiger partial charge in [-0.15, -0.1) is 0 Å². The molecule has 17 heavy (non-hydrogen) atoms. The molecule has 1 aromatic heterocycles. The van der Waals surface area contributed by atoms with Crippen LogP contribution in [-0.4, -0.2) is 23.0 Å². The number of aromatic nitrogens is 1. The second-order valence-corrected chi connectivity index (χ2v) is 5.51. The van der Waals surface area contributed by atoms with Gasteiger partial charge >= 0.3 is 0 Å². The predicted octanol–water partition coefficient (Wildman–Crippen LogP) is 3.17. The Morgan fingerprint density at radius 3 is 3.18 bits per heavy atom. The number of fused-ring (bicyclic) bond motifs is 5. The zero-order chi connectivity index (χ0) is 11.4. The Hall–Kier alpha value is -1.28. The van der Waals surface area contributed by atoms with Crippen LogP contribution < -0.4 is 0 Å². The van der Waals surface area contributed by atoms with Crippen molar-refractivity contribution in [3.8, 4) is 0 Å². The minimum Gasteiger partial charge on any atom is -0.357 e.